The Morgan fingerprint density at radius 2 is 2.05 bits per heavy atom. The van der Waals surface area contributed by atoms with Crippen LogP contribution >= 0.6 is 0 Å². The molecule has 0 spiro atoms. The quantitative estimate of drug-likeness (QED) is 0.899. The maximum atomic E-state index is 6.34. The van der Waals surface area contributed by atoms with Gasteiger partial charge in [-0.25, -0.2) is 0 Å². The van der Waals surface area contributed by atoms with Crippen molar-refractivity contribution in [2.75, 3.05) is 27.2 Å². The molecule has 0 radical (unpaired) electrons. The molecule has 1 heterocycles. The fraction of sp³-hybridized carbons (Fsp3) is 0.667. The van der Waals surface area contributed by atoms with Gasteiger partial charge in [0.05, 0.1) is 0 Å². The number of hydrogen-bond acceptors (Lipinski definition) is 3. The van der Waals surface area contributed by atoms with Gasteiger partial charge in [-0.05, 0) is 58.5 Å². The first-order valence-corrected chi connectivity index (χ1v) is 8.03. The monoisotopic (exact) mass is 290 g/mol. The van der Waals surface area contributed by atoms with E-state index in [1.807, 2.05) is 0 Å². The summed E-state index contributed by atoms with van der Waals surface area (Å²) in [4.78, 5) is 2.22. The van der Waals surface area contributed by atoms with E-state index in [-0.39, 0.29) is 5.60 Å². The molecule has 2 atom stereocenters. The highest BCUT2D eigenvalue weighted by Crippen LogP contribution is 2.43. The Hall–Kier alpha value is -1.06. The lowest BCUT2D eigenvalue weighted by atomic mass is 9.84. The molecule has 1 aromatic carbocycles. The molecule has 0 aliphatic carbocycles. The molecule has 3 nitrogen and oxygen atoms in total. The van der Waals surface area contributed by atoms with Crippen molar-refractivity contribution in [3.8, 4) is 5.75 Å². The SMILES string of the molecule is CCC1(C)CC(NCCN(C)C)c2c(C)cc(C)cc2O1. The van der Waals surface area contributed by atoms with Crippen molar-refractivity contribution < 1.29 is 4.74 Å². The van der Waals surface area contributed by atoms with Crippen molar-refractivity contribution in [1.29, 1.82) is 0 Å². The van der Waals surface area contributed by atoms with Crippen LogP contribution in [0.5, 0.6) is 5.75 Å². The van der Waals surface area contributed by atoms with Gasteiger partial charge in [-0.2, -0.15) is 0 Å². The highest BCUT2D eigenvalue weighted by molar-refractivity contribution is 5.47. The topological polar surface area (TPSA) is 24.5 Å². The predicted octanol–water partition coefficient (Wildman–Crippen LogP) is 3.45. The van der Waals surface area contributed by atoms with Crippen LogP contribution in [0.15, 0.2) is 12.1 Å². The van der Waals surface area contributed by atoms with Crippen LogP contribution in [0.2, 0.25) is 0 Å². The fourth-order valence-electron chi connectivity index (χ4n) is 3.16. The maximum absolute atomic E-state index is 6.34. The minimum atomic E-state index is -0.0665. The van der Waals surface area contributed by atoms with Crippen LogP contribution in [0.1, 0.15) is 49.4 Å². The second kappa shape index (κ2) is 6.37. The average Bonchev–Trinajstić information content (AvgIpc) is 2.36. The first-order valence-electron chi connectivity index (χ1n) is 8.03. The first kappa shape index (κ1) is 16.3. The average molecular weight is 290 g/mol. The smallest absolute Gasteiger partial charge is 0.125 e. The highest BCUT2D eigenvalue weighted by atomic mass is 16.5. The van der Waals surface area contributed by atoms with Gasteiger partial charge in [0.25, 0.3) is 0 Å². The number of aryl methyl sites for hydroxylation is 2. The zero-order valence-electron chi connectivity index (χ0n) is 14.4. The van der Waals surface area contributed by atoms with E-state index in [0.717, 1.165) is 31.7 Å². The first-order chi connectivity index (χ1) is 9.84. The Labute approximate surface area is 129 Å². The third-order valence-corrected chi connectivity index (χ3v) is 4.53. The molecule has 118 valence electrons. The number of nitrogens with zero attached hydrogens (tertiary/aromatic N) is 1. The maximum Gasteiger partial charge on any atom is 0.125 e. The molecular weight excluding hydrogens is 260 g/mol. The largest absolute Gasteiger partial charge is 0.487 e. The predicted molar refractivity (Wildman–Crippen MR) is 89.2 cm³/mol. The third-order valence-electron chi connectivity index (χ3n) is 4.53. The van der Waals surface area contributed by atoms with Crippen LogP contribution in [0, 0.1) is 13.8 Å². The van der Waals surface area contributed by atoms with Gasteiger partial charge in [0.2, 0.25) is 0 Å². The minimum Gasteiger partial charge on any atom is -0.487 e. The van der Waals surface area contributed by atoms with Gasteiger partial charge in [0, 0.05) is 31.1 Å². The lowest BCUT2D eigenvalue weighted by Crippen LogP contribution is -2.43. The third kappa shape index (κ3) is 3.78. The van der Waals surface area contributed by atoms with E-state index in [1.165, 1.54) is 16.7 Å². The number of likely N-dealkylation sites (N-methyl/N-ethyl adjacent to an activating group) is 1. The van der Waals surface area contributed by atoms with Crippen LogP contribution in [0.4, 0.5) is 0 Å². The van der Waals surface area contributed by atoms with Crippen molar-refractivity contribution in [1.82, 2.24) is 10.2 Å². The number of fused-ring (bicyclic) bond motifs is 1. The van der Waals surface area contributed by atoms with E-state index in [0.29, 0.717) is 6.04 Å². The summed E-state index contributed by atoms with van der Waals surface area (Å²) >= 11 is 0. The van der Waals surface area contributed by atoms with Crippen molar-refractivity contribution in [2.45, 2.75) is 52.2 Å². The van der Waals surface area contributed by atoms with Gasteiger partial charge in [0.15, 0.2) is 0 Å². The molecule has 2 rings (SSSR count). The molecule has 0 saturated carbocycles. The van der Waals surface area contributed by atoms with Crippen LogP contribution in [-0.4, -0.2) is 37.7 Å². The Morgan fingerprint density at radius 1 is 1.33 bits per heavy atom. The van der Waals surface area contributed by atoms with Crippen molar-refractivity contribution in [2.24, 2.45) is 0 Å². The van der Waals surface area contributed by atoms with E-state index in [2.05, 4.69) is 64.1 Å². The normalized spacial score (nSPS) is 24.8. The Bertz CT molecular complexity index is 498. The Balaban J connectivity index is 2.28. The van der Waals surface area contributed by atoms with Crippen LogP contribution in [0.3, 0.4) is 0 Å². The van der Waals surface area contributed by atoms with E-state index in [4.69, 9.17) is 4.74 Å². The summed E-state index contributed by atoms with van der Waals surface area (Å²) in [6.45, 7) is 10.8. The molecule has 0 aromatic heterocycles. The highest BCUT2D eigenvalue weighted by Gasteiger charge is 2.36. The molecule has 0 saturated heterocycles. The molecule has 1 aromatic rings. The molecule has 0 bridgehead atoms. The van der Waals surface area contributed by atoms with Gasteiger partial charge >= 0.3 is 0 Å². The molecule has 2 unspecified atom stereocenters. The van der Waals surface area contributed by atoms with Gasteiger partial charge in [-0.3, -0.25) is 0 Å². The second-order valence-electron chi connectivity index (χ2n) is 6.91. The molecule has 0 amide bonds. The molecule has 3 heteroatoms. The number of ether oxygens (including phenoxy) is 1. The molecule has 1 aliphatic heterocycles. The summed E-state index contributed by atoms with van der Waals surface area (Å²) < 4.78 is 6.34. The fourth-order valence-corrected chi connectivity index (χ4v) is 3.16. The summed E-state index contributed by atoms with van der Waals surface area (Å²) in [6.07, 6.45) is 2.07. The Morgan fingerprint density at radius 3 is 2.67 bits per heavy atom. The van der Waals surface area contributed by atoms with Gasteiger partial charge in [-0.1, -0.05) is 13.0 Å². The zero-order chi connectivity index (χ0) is 15.6. The molecule has 0 fully saturated rings. The van der Waals surface area contributed by atoms with Crippen LogP contribution in [0.25, 0.3) is 0 Å². The lowest BCUT2D eigenvalue weighted by molar-refractivity contribution is 0.0437. The van der Waals surface area contributed by atoms with E-state index in [9.17, 15) is 0 Å². The zero-order valence-corrected chi connectivity index (χ0v) is 14.4. The van der Waals surface area contributed by atoms with Gasteiger partial charge < -0.3 is 15.0 Å². The summed E-state index contributed by atoms with van der Waals surface area (Å²) in [5, 5.41) is 3.74. The lowest BCUT2D eigenvalue weighted by Gasteiger charge is -2.41. The summed E-state index contributed by atoms with van der Waals surface area (Å²) in [5.74, 6) is 1.07. The van der Waals surface area contributed by atoms with E-state index >= 15 is 0 Å². The minimum absolute atomic E-state index is 0.0665. The van der Waals surface area contributed by atoms with Crippen molar-refractivity contribution in [3.63, 3.8) is 0 Å². The Kier molecular flexibility index (Phi) is 4.95. The second-order valence-corrected chi connectivity index (χ2v) is 6.91. The van der Waals surface area contributed by atoms with E-state index < -0.39 is 0 Å². The molecule has 1 aliphatic rings. The number of hydrogen-bond donors (Lipinski definition) is 1. The van der Waals surface area contributed by atoms with Crippen LogP contribution in [-0.2, 0) is 0 Å². The van der Waals surface area contributed by atoms with Gasteiger partial charge in [-0.15, -0.1) is 0 Å². The van der Waals surface area contributed by atoms with E-state index in [1.54, 1.807) is 0 Å². The number of rotatable bonds is 5. The molecule has 1 N–H and O–H groups in total. The van der Waals surface area contributed by atoms with Crippen LogP contribution < -0.4 is 10.1 Å². The summed E-state index contributed by atoms with van der Waals surface area (Å²) in [6, 6.07) is 4.84. The van der Waals surface area contributed by atoms with Crippen molar-refractivity contribution >= 4 is 0 Å². The number of benzene rings is 1. The summed E-state index contributed by atoms with van der Waals surface area (Å²) in [7, 11) is 4.23. The standard InChI is InChI=1S/C18H30N2O/c1-7-18(4)12-15(19-8-9-20(5)6)17-14(3)10-13(2)11-16(17)21-18/h10-11,15,19H,7-9,12H2,1-6H3. The molecule has 21 heavy (non-hydrogen) atoms. The van der Waals surface area contributed by atoms with Gasteiger partial charge in [0.1, 0.15) is 11.4 Å². The number of nitrogens with one attached hydrogen (secondary N) is 1. The molecular formula is C18H30N2O. The summed E-state index contributed by atoms with van der Waals surface area (Å²) in [5.41, 5.74) is 3.90. The van der Waals surface area contributed by atoms with Crippen molar-refractivity contribution in [3.05, 3.63) is 28.8 Å².